The second-order valence-electron chi connectivity index (χ2n) is 25.9. The van der Waals surface area contributed by atoms with Crippen LogP contribution in [0.15, 0.2) is 0 Å². The molecule has 0 spiro atoms. The van der Waals surface area contributed by atoms with Crippen LogP contribution < -0.4 is 0 Å². The van der Waals surface area contributed by atoms with E-state index in [2.05, 4.69) is 19.6 Å². The smallest absolute Gasteiger partial charge is 0.373 e. The van der Waals surface area contributed by atoms with Gasteiger partial charge in [-0.05, 0) is 107 Å². The summed E-state index contributed by atoms with van der Waals surface area (Å²) in [6.07, 6.45) is 18.0. The number of fused-ring (bicyclic) bond motifs is 36. The number of rotatable bonds is 24. The minimum Gasteiger partial charge on any atom is -0.373 e. The Morgan fingerprint density at radius 1 is 0.264 bits per heavy atom. The van der Waals surface area contributed by atoms with Crippen molar-refractivity contribution in [3.05, 3.63) is 0 Å². The van der Waals surface area contributed by atoms with Crippen LogP contribution in [0.4, 0.5) is 0 Å². The van der Waals surface area contributed by atoms with E-state index < -0.39 is 60.0 Å². The van der Waals surface area contributed by atoms with E-state index in [9.17, 15) is 4.57 Å². The largest absolute Gasteiger partial charge is 0.501 e. The standard InChI is InChI=1S/C28H55N2O10PSi3.C28H55N2O9PSi3/c31-41(22-1-25-42-32-13-4-28(5-14-33-42)6-15-34-42,23-2-26-43-35-16-7-29(8-17-36-43)9-18-37-43)24-3-27-44-38-19-10-30(11-20-39-44)12-21-40-44;1(25-41-31-13-4-28(5-14-32-41)6-15-33-41)22-40(23-2-26-42-34-16-7-29(8-17-35-42)9-18-36-42)24-3-27-43-37-19-10-30(11-20-38-43)12-21-39-43/h28H,1-27H2;28H,1-27H2. The van der Waals surface area contributed by atoms with E-state index >= 15 is 0 Å². The molecule has 0 radical (unpaired) electrons. The lowest BCUT2D eigenvalue weighted by molar-refractivity contribution is -0.00886. The molecule has 0 aromatic carbocycles. The Labute approximate surface area is 528 Å². The van der Waals surface area contributed by atoms with Crippen molar-refractivity contribution in [2.24, 2.45) is 11.8 Å². The van der Waals surface area contributed by atoms with Crippen molar-refractivity contribution in [2.45, 2.75) is 113 Å². The second-order valence-corrected chi connectivity index (χ2v) is 48.4. The Morgan fingerprint density at radius 3 is 0.632 bits per heavy atom. The fourth-order valence-electron chi connectivity index (χ4n) is 14.5. The molecule has 12 bridgehead atoms. The summed E-state index contributed by atoms with van der Waals surface area (Å²) in [5, 5.41) is 0. The van der Waals surface area contributed by atoms with Crippen LogP contribution in [0.2, 0.25) is 36.3 Å². The van der Waals surface area contributed by atoms with Crippen LogP contribution in [0, 0.1) is 11.8 Å². The van der Waals surface area contributed by atoms with Gasteiger partial charge in [-0.15, -0.1) is 7.92 Å². The molecule has 18 aliphatic heterocycles. The highest BCUT2D eigenvalue weighted by molar-refractivity contribution is 7.63. The van der Waals surface area contributed by atoms with Gasteiger partial charge in [-0.3, -0.25) is 19.6 Å². The minimum absolute atomic E-state index is 0.192. The lowest BCUT2D eigenvalue weighted by Crippen LogP contribution is -2.55. The van der Waals surface area contributed by atoms with Gasteiger partial charge in [-0.2, -0.15) is 0 Å². The molecule has 0 unspecified atom stereocenters. The van der Waals surface area contributed by atoms with Gasteiger partial charge < -0.3 is 84.2 Å². The third-order valence-corrected chi connectivity index (χ3v) is 43.5. The van der Waals surface area contributed by atoms with E-state index in [1.54, 1.807) is 0 Å². The van der Waals surface area contributed by atoms with E-state index in [1.165, 1.54) is 18.5 Å². The predicted molar refractivity (Wildman–Crippen MR) is 342 cm³/mol. The van der Waals surface area contributed by atoms with Crippen LogP contribution in [0.25, 0.3) is 0 Å². The molecule has 31 heteroatoms. The normalized spacial score (nSPS) is 39.8. The minimum atomic E-state index is -2.76. The van der Waals surface area contributed by atoms with E-state index in [0.29, 0.717) is 89.8 Å². The van der Waals surface area contributed by atoms with Crippen molar-refractivity contribution in [1.29, 1.82) is 0 Å². The molecular formula is C56H110N4O19P2Si6. The Morgan fingerprint density at radius 2 is 0.437 bits per heavy atom. The zero-order valence-corrected chi connectivity index (χ0v) is 60.6. The average molecular weight is 1370 g/mol. The van der Waals surface area contributed by atoms with E-state index in [1.807, 2.05) is 0 Å². The summed E-state index contributed by atoms with van der Waals surface area (Å²) >= 11 is 0. The van der Waals surface area contributed by atoms with Crippen molar-refractivity contribution in [1.82, 2.24) is 19.6 Å². The fraction of sp³-hybridized carbons (Fsp3) is 1.00. The fourth-order valence-corrected chi connectivity index (χ4v) is 36.8. The quantitative estimate of drug-likeness (QED) is 0.0801. The molecule has 18 saturated heterocycles. The Bertz CT molecular complexity index is 1710. The summed E-state index contributed by atoms with van der Waals surface area (Å²) < 4.78 is 129. The Balaban J connectivity index is 0.000000180. The highest BCUT2D eigenvalue weighted by Gasteiger charge is 2.50. The topological polar surface area (TPSA) is 196 Å². The summed E-state index contributed by atoms with van der Waals surface area (Å²) in [5.74, 6) is 1.32. The second kappa shape index (κ2) is 34.8. The monoisotopic (exact) mass is 1370 g/mol. The van der Waals surface area contributed by atoms with Gasteiger partial charge in [0.25, 0.3) is 0 Å². The van der Waals surface area contributed by atoms with Gasteiger partial charge in [0.05, 0.1) is 86.4 Å². The highest BCUT2D eigenvalue weighted by Crippen LogP contribution is 2.50. The molecule has 18 rings (SSSR count). The first kappa shape index (κ1) is 69.4. The van der Waals surface area contributed by atoms with Crippen molar-refractivity contribution in [3.63, 3.8) is 0 Å². The average Bonchev–Trinajstić information content (AvgIpc) is 3.45. The Hall–Kier alpha value is 1.08. The highest BCUT2D eigenvalue weighted by atomic mass is 31.2. The van der Waals surface area contributed by atoms with E-state index in [0.717, 1.165) is 251 Å². The summed E-state index contributed by atoms with van der Waals surface area (Å²) in [4.78, 5) is 9.42. The lowest BCUT2D eigenvalue weighted by atomic mass is 9.99. The van der Waals surface area contributed by atoms with Gasteiger partial charge >= 0.3 is 52.8 Å². The van der Waals surface area contributed by atoms with Crippen LogP contribution in [-0.4, -0.2) is 307 Å². The van der Waals surface area contributed by atoms with Gasteiger partial charge in [-0.1, -0.05) is 0 Å². The molecule has 87 heavy (non-hydrogen) atoms. The van der Waals surface area contributed by atoms with Gasteiger partial charge in [-0.25, -0.2) is 0 Å². The molecule has 0 amide bonds. The molecular weight excluding hydrogens is 1260 g/mol. The van der Waals surface area contributed by atoms with Gasteiger partial charge in [0, 0.05) is 173 Å². The predicted octanol–water partition coefficient (Wildman–Crippen LogP) is 6.03. The SMILES string of the molecule is C(CP(CCC[Si]12OCCN(CCO1)CCO2)CCC[Si]12OCCN(CCO1)CCO2)C[Si]12OCCC(CCO1)CCO2.O=P(CCC[Si]12OCCC(CCO1)CCO2)(CCC[Si]12OCCN(CCO1)CCO2)CCC[Si]12OCCN(CCO1)CCO2. The van der Waals surface area contributed by atoms with Crippen molar-refractivity contribution < 1.29 is 84.2 Å². The maximum Gasteiger partial charge on any atom is 0.501 e. The number of hydrogen-bond acceptors (Lipinski definition) is 23. The molecule has 0 aromatic rings. The summed E-state index contributed by atoms with van der Waals surface area (Å²) in [6, 6.07) is 4.95. The van der Waals surface area contributed by atoms with Gasteiger partial charge in [0.2, 0.25) is 0 Å². The van der Waals surface area contributed by atoms with Crippen molar-refractivity contribution >= 4 is 67.9 Å². The zero-order chi connectivity index (χ0) is 59.5. The molecule has 18 heterocycles. The summed E-state index contributed by atoms with van der Waals surface area (Å²) in [5.41, 5.74) is 0. The van der Waals surface area contributed by atoms with Crippen molar-refractivity contribution in [2.75, 3.05) is 234 Å². The molecule has 0 N–H and O–H groups in total. The van der Waals surface area contributed by atoms with Gasteiger partial charge in [0.1, 0.15) is 0 Å². The molecule has 0 aromatic heterocycles. The van der Waals surface area contributed by atoms with Crippen LogP contribution in [0.5, 0.6) is 0 Å². The van der Waals surface area contributed by atoms with Crippen molar-refractivity contribution in [3.8, 4) is 0 Å². The Kier molecular flexibility index (Phi) is 27.8. The maximum atomic E-state index is 14.8. The first-order valence-electron chi connectivity index (χ1n) is 34.3. The van der Waals surface area contributed by atoms with E-state index in [-0.39, 0.29) is 7.92 Å². The van der Waals surface area contributed by atoms with Crippen LogP contribution in [0.1, 0.15) is 77.0 Å². The summed E-state index contributed by atoms with van der Waals surface area (Å²) in [7, 11) is -18.8. The molecule has 0 saturated carbocycles. The molecule has 18 aliphatic rings. The first-order valence-corrected chi connectivity index (χ1v) is 50.1. The van der Waals surface area contributed by atoms with Gasteiger partial charge in [0.15, 0.2) is 0 Å². The molecule has 0 aliphatic carbocycles. The number of hydrogen-bond donors (Lipinski definition) is 0. The lowest BCUT2D eigenvalue weighted by Gasteiger charge is -2.38. The molecule has 0 atom stereocenters. The number of nitrogens with zero attached hydrogens (tertiary/aromatic N) is 4. The van der Waals surface area contributed by atoms with Crippen LogP contribution in [-0.2, 0) is 84.2 Å². The van der Waals surface area contributed by atoms with Crippen LogP contribution >= 0.6 is 15.1 Å². The summed E-state index contributed by atoms with van der Waals surface area (Å²) in [6.45, 7) is 24.2. The molecule has 23 nitrogen and oxygen atoms in total. The third kappa shape index (κ3) is 21.3. The molecule has 18 fully saturated rings. The third-order valence-electron chi connectivity index (χ3n) is 19.9. The first-order chi connectivity index (χ1) is 42.6. The maximum absolute atomic E-state index is 14.8. The van der Waals surface area contributed by atoms with E-state index in [4.69, 9.17) is 79.7 Å². The molecule has 502 valence electrons. The van der Waals surface area contributed by atoms with Crippen LogP contribution in [0.3, 0.4) is 0 Å². The zero-order valence-electron chi connectivity index (χ0n) is 52.8.